The number of unbranched alkanes of at least 4 members (excludes halogenated alkanes) is 1. The molecule has 1 aliphatic rings. The first kappa shape index (κ1) is 32.7. The number of nitrogens with two attached hydrogens (primary N) is 1. The standard InChI is InChI=1S/C31H42N4O7/c1-4-21(2)29(42-20-22-13-7-5-8-14-22)26-28(35(40)41)27(23-15-9-6-10-16-23)34(24(36)19-32)31(26,3)30(39)33-18-12-11-17-25(37)38/h5-10,13-16,21,26-29H,4,11-12,17-20,32H2,1-3H3,(H,33,39)(H,37,38)/t21-,26+,27-,28-,29-,31-/m0/s1. The summed E-state index contributed by atoms with van der Waals surface area (Å²) in [6.07, 6.45) is 0.546. The van der Waals surface area contributed by atoms with Crippen molar-refractivity contribution in [2.75, 3.05) is 13.1 Å². The molecule has 228 valence electrons. The Morgan fingerprint density at radius 3 is 2.29 bits per heavy atom. The normalized spacial score (nSPS) is 23.2. The van der Waals surface area contributed by atoms with Gasteiger partial charge in [-0.2, -0.15) is 0 Å². The van der Waals surface area contributed by atoms with Crippen molar-refractivity contribution >= 4 is 17.8 Å². The van der Waals surface area contributed by atoms with E-state index in [1.165, 1.54) is 4.90 Å². The highest BCUT2D eigenvalue weighted by Gasteiger charge is 2.69. The van der Waals surface area contributed by atoms with Crippen LogP contribution in [-0.2, 0) is 25.7 Å². The number of hydrogen-bond donors (Lipinski definition) is 3. The lowest BCUT2D eigenvalue weighted by Crippen LogP contribution is -2.63. The van der Waals surface area contributed by atoms with Gasteiger partial charge in [-0.05, 0) is 36.8 Å². The lowest BCUT2D eigenvalue weighted by atomic mass is 9.74. The van der Waals surface area contributed by atoms with E-state index >= 15 is 0 Å². The molecule has 42 heavy (non-hydrogen) atoms. The van der Waals surface area contributed by atoms with E-state index in [-0.39, 0.29) is 25.5 Å². The highest BCUT2D eigenvalue weighted by Crippen LogP contribution is 2.51. The fraction of sp³-hybridized carbons (Fsp3) is 0.516. The predicted molar refractivity (Wildman–Crippen MR) is 157 cm³/mol. The first-order valence-electron chi connectivity index (χ1n) is 14.4. The zero-order valence-electron chi connectivity index (χ0n) is 24.5. The molecular formula is C31H42N4O7. The second kappa shape index (κ2) is 14.9. The summed E-state index contributed by atoms with van der Waals surface area (Å²) in [5, 5.41) is 24.8. The molecule has 6 atom stereocenters. The number of carboxylic acid groups (broad SMARTS) is 1. The SMILES string of the molecule is CC[C@H](C)[C@H](OCc1ccccc1)[C@H]1[C@H]([N+](=O)[O-])[C@H](c2ccccc2)N(C(=O)CN)[C@]1(C)C(=O)NCCCCC(=O)O. The van der Waals surface area contributed by atoms with Crippen LogP contribution in [0, 0.1) is 22.0 Å². The molecule has 0 unspecified atom stereocenters. The molecule has 1 saturated heterocycles. The molecule has 2 amide bonds. The molecule has 4 N–H and O–H groups in total. The monoisotopic (exact) mass is 582 g/mol. The van der Waals surface area contributed by atoms with E-state index in [0.29, 0.717) is 24.8 Å². The summed E-state index contributed by atoms with van der Waals surface area (Å²) in [6, 6.07) is 15.7. The lowest BCUT2D eigenvalue weighted by molar-refractivity contribution is -0.536. The molecule has 2 aromatic carbocycles. The maximum absolute atomic E-state index is 14.2. The topological polar surface area (TPSA) is 165 Å². The van der Waals surface area contributed by atoms with Crippen LogP contribution in [0.1, 0.15) is 63.6 Å². The van der Waals surface area contributed by atoms with Gasteiger partial charge in [-0.15, -0.1) is 0 Å². The summed E-state index contributed by atoms with van der Waals surface area (Å²) in [7, 11) is 0. The first-order valence-corrected chi connectivity index (χ1v) is 14.4. The molecule has 0 aliphatic carbocycles. The molecule has 1 heterocycles. The quantitative estimate of drug-likeness (QED) is 0.163. The molecule has 11 heteroatoms. The molecule has 0 spiro atoms. The second-order valence-corrected chi connectivity index (χ2v) is 11.0. The summed E-state index contributed by atoms with van der Waals surface area (Å²) >= 11 is 0. The number of rotatable bonds is 15. The van der Waals surface area contributed by atoms with Crippen molar-refractivity contribution in [1.29, 1.82) is 0 Å². The van der Waals surface area contributed by atoms with Crippen LogP contribution in [0.5, 0.6) is 0 Å². The summed E-state index contributed by atoms with van der Waals surface area (Å²) in [4.78, 5) is 52.7. The average Bonchev–Trinajstić information content (AvgIpc) is 3.27. The smallest absolute Gasteiger partial charge is 0.303 e. The average molecular weight is 583 g/mol. The van der Waals surface area contributed by atoms with E-state index in [1.807, 2.05) is 44.2 Å². The number of aliphatic carboxylic acids is 1. The Balaban J connectivity index is 2.15. The van der Waals surface area contributed by atoms with Gasteiger partial charge < -0.3 is 25.8 Å². The third-order valence-electron chi connectivity index (χ3n) is 8.35. The molecule has 11 nitrogen and oxygen atoms in total. The van der Waals surface area contributed by atoms with Crippen LogP contribution in [0.15, 0.2) is 60.7 Å². The van der Waals surface area contributed by atoms with E-state index in [1.54, 1.807) is 37.3 Å². The van der Waals surface area contributed by atoms with E-state index < -0.39 is 58.9 Å². The Labute approximate surface area is 246 Å². The van der Waals surface area contributed by atoms with Gasteiger partial charge in [-0.25, -0.2) is 0 Å². The van der Waals surface area contributed by atoms with Gasteiger partial charge in [-0.1, -0.05) is 80.9 Å². The summed E-state index contributed by atoms with van der Waals surface area (Å²) < 4.78 is 6.49. The number of nitrogens with one attached hydrogen (secondary N) is 1. The molecule has 0 radical (unpaired) electrons. The van der Waals surface area contributed by atoms with Crippen molar-refractivity contribution in [2.45, 2.75) is 76.8 Å². The number of likely N-dealkylation sites (tertiary alicyclic amines) is 1. The minimum atomic E-state index is -1.70. The summed E-state index contributed by atoms with van der Waals surface area (Å²) in [6.45, 7) is 5.33. The minimum Gasteiger partial charge on any atom is -0.481 e. The summed E-state index contributed by atoms with van der Waals surface area (Å²) in [5.74, 6) is -3.33. The fourth-order valence-electron chi connectivity index (χ4n) is 6.06. The number of nitro groups is 1. The molecule has 0 saturated carbocycles. The Bertz CT molecular complexity index is 1210. The molecule has 0 aromatic heterocycles. The number of amides is 2. The van der Waals surface area contributed by atoms with Crippen LogP contribution in [0.25, 0.3) is 0 Å². The largest absolute Gasteiger partial charge is 0.481 e. The molecule has 1 aliphatic heterocycles. The van der Waals surface area contributed by atoms with Crippen molar-refractivity contribution in [3.05, 3.63) is 81.9 Å². The van der Waals surface area contributed by atoms with Crippen LogP contribution in [0.3, 0.4) is 0 Å². The minimum absolute atomic E-state index is 0.0452. The number of carbonyl (C=O) groups excluding carboxylic acids is 2. The molecule has 1 fully saturated rings. The van der Waals surface area contributed by atoms with Crippen molar-refractivity contribution in [3.63, 3.8) is 0 Å². The van der Waals surface area contributed by atoms with Crippen LogP contribution in [0.4, 0.5) is 0 Å². The lowest BCUT2D eigenvalue weighted by Gasteiger charge is -2.42. The highest BCUT2D eigenvalue weighted by molar-refractivity contribution is 5.93. The molecular weight excluding hydrogens is 540 g/mol. The van der Waals surface area contributed by atoms with Gasteiger partial charge in [0.15, 0.2) is 0 Å². The zero-order chi connectivity index (χ0) is 30.9. The maximum Gasteiger partial charge on any atom is 0.303 e. The maximum atomic E-state index is 14.2. The first-order chi connectivity index (χ1) is 20.1. The fourth-order valence-corrected chi connectivity index (χ4v) is 6.06. The van der Waals surface area contributed by atoms with Gasteiger partial charge in [0.1, 0.15) is 11.6 Å². The Morgan fingerprint density at radius 2 is 1.74 bits per heavy atom. The van der Waals surface area contributed by atoms with Crippen LogP contribution in [0.2, 0.25) is 0 Å². The molecule has 3 rings (SSSR count). The Kier molecular flexibility index (Phi) is 11.6. The van der Waals surface area contributed by atoms with Crippen LogP contribution in [-0.4, -0.2) is 63.5 Å². The van der Waals surface area contributed by atoms with Crippen LogP contribution < -0.4 is 11.1 Å². The second-order valence-electron chi connectivity index (χ2n) is 11.0. The highest BCUT2D eigenvalue weighted by atomic mass is 16.6. The number of carbonyl (C=O) groups is 3. The number of nitrogens with zero attached hydrogens (tertiary/aromatic N) is 2. The zero-order valence-corrected chi connectivity index (χ0v) is 24.5. The van der Waals surface area contributed by atoms with E-state index in [0.717, 1.165) is 5.56 Å². The third-order valence-corrected chi connectivity index (χ3v) is 8.35. The molecule has 0 bridgehead atoms. The number of carboxylic acids is 1. The van der Waals surface area contributed by atoms with Crippen molar-refractivity contribution < 1.29 is 29.2 Å². The predicted octanol–water partition coefficient (Wildman–Crippen LogP) is 3.55. The van der Waals surface area contributed by atoms with Crippen molar-refractivity contribution in [2.24, 2.45) is 17.6 Å². The Hall–Kier alpha value is -3.83. The van der Waals surface area contributed by atoms with E-state index in [4.69, 9.17) is 15.6 Å². The molecule has 2 aromatic rings. The van der Waals surface area contributed by atoms with Gasteiger partial charge >= 0.3 is 5.97 Å². The van der Waals surface area contributed by atoms with Gasteiger partial charge in [0.25, 0.3) is 0 Å². The third kappa shape index (κ3) is 7.14. The van der Waals surface area contributed by atoms with Gasteiger partial charge in [0.05, 0.1) is 25.2 Å². The number of ether oxygens (including phenoxy) is 1. The Morgan fingerprint density at radius 1 is 1.12 bits per heavy atom. The van der Waals surface area contributed by atoms with Gasteiger partial charge in [0, 0.05) is 17.9 Å². The number of benzene rings is 2. The van der Waals surface area contributed by atoms with Crippen LogP contribution >= 0.6 is 0 Å². The van der Waals surface area contributed by atoms with Gasteiger partial charge in [-0.3, -0.25) is 24.5 Å². The van der Waals surface area contributed by atoms with E-state index in [9.17, 15) is 24.5 Å². The van der Waals surface area contributed by atoms with Gasteiger partial charge in [0.2, 0.25) is 17.9 Å². The number of hydrogen-bond acceptors (Lipinski definition) is 7. The van der Waals surface area contributed by atoms with Crippen molar-refractivity contribution in [3.8, 4) is 0 Å². The van der Waals surface area contributed by atoms with Crippen molar-refractivity contribution in [1.82, 2.24) is 10.2 Å². The van der Waals surface area contributed by atoms with E-state index in [2.05, 4.69) is 5.32 Å². The summed E-state index contributed by atoms with van der Waals surface area (Å²) in [5.41, 5.74) is 5.56.